The Bertz CT molecular complexity index is 663. The molecular weight excluding hydrogens is 268 g/mol. The van der Waals surface area contributed by atoms with Crippen LogP contribution in [0.15, 0.2) is 30.5 Å². The molecule has 1 atom stereocenters. The molecule has 2 heterocycles. The van der Waals surface area contributed by atoms with Crippen LogP contribution in [0.1, 0.15) is 34.0 Å². The average Bonchev–Trinajstić information content (AvgIpc) is 2.84. The minimum Gasteiger partial charge on any atom is -0.493 e. The smallest absolute Gasteiger partial charge is 0.341 e. The summed E-state index contributed by atoms with van der Waals surface area (Å²) in [5.41, 5.74) is 2.45. The fourth-order valence-electron chi connectivity index (χ4n) is 2.54. The number of aromatic nitrogens is 2. The molecule has 1 aromatic carbocycles. The van der Waals surface area contributed by atoms with Gasteiger partial charge in [-0.25, -0.2) is 4.79 Å². The van der Waals surface area contributed by atoms with Crippen LogP contribution in [0.3, 0.4) is 0 Å². The van der Waals surface area contributed by atoms with Gasteiger partial charge < -0.3 is 9.47 Å². The molecule has 5 heteroatoms. The van der Waals surface area contributed by atoms with Crippen LogP contribution in [0.5, 0.6) is 5.75 Å². The molecule has 0 amide bonds. The van der Waals surface area contributed by atoms with Gasteiger partial charge in [0.15, 0.2) is 0 Å². The van der Waals surface area contributed by atoms with Gasteiger partial charge in [0.1, 0.15) is 11.3 Å². The van der Waals surface area contributed by atoms with Crippen molar-refractivity contribution in [3.05, 3.63) is 47.3 Å². The number of hydrogen-bond acceptors (Lipinski definition) is 4. The number of nitrogens with zero attached hydrogens (tertiary/aromatic N) is 2. The van der Waals surface area contributed by atoms with Crippen LogP contribution in [-0.4, -0.2) is 29.0 Å². The Balaban J connectivity index is 1.69. The molecule has 1 aliphatic rings. The number of carbonyl (C=O) groups is 1. The zero-order valence-electron chi connectivity index (χ0n) is 12.2. The van der Waals surface area contributed by atoms with E-state index >= 15 is 0 Å². The maximum Gasteiger partial charge on any atom is 0.341 e. The minimum absolute atomic E-state index is 0.191. The predicted octanol–water partition coefficient (Wildman–Crippen LogP) is 2.45. The normalized spacial score (nSPS) is 17.0. The number of benzene rings is 1. The molecule has 21 heavy (non-hydrogen) atoms. The van der Waals surface area contributed by atoms with Crippen molar-refractivity contribution in [2.45, 2.75) is 19.3 Å². The largest absolute Gasteiger partial charge is 0.493 e. The Morgan fingerprint density at radius 3 is 3.05 bits per heavy atom. The predicted molar refractivity (Wildman–Crippen MR) is 77.5 cm³/mol. The van der Waals surface area contributed by atoms with Crippen molar-refractivity contribution in [1.29, 1.82) is 0 Å². The standard InChI is InChI=1S/C16H18N2O3/c1-11-14(9-17-18(11)2)16(19)21-10-12-7-8-20-15-6-4-3-5-13(12)15/h3-6,9,12H,7-8,10H2,1-2H3. The highest BCUT2D eigenvalue weighted by atomic mass is 16.5. The first-order valence-corrected chi connectivity index (χ1v) is 7.04. The van der Waals surface area contributed by atoms with Gasteiger partial charge in [0.05, 0.1) is 19.4 Å². The number of rotatable bonds is 3. The van der Waals surface area contributed by atoms with Gasteiger partial charge in [0.25, 0.3) is 0 Å². The van der Waals surface area contributed by atoms with Crippen LogP contribution < -0.4 is 4.74 Å². The van der Waals surface area contributed by atoms with Crippen LogP contribution in [0.2, 0.25) is 0 Å². The highest BCUT2D eigenvalue weighted by Crippen LogP contribution is 2.33. The summed E-state index contributed by atoms with van der Waals surface area (Å²) in [5.74, 6) is 0.766. The molecule has 0 spiro atoms. The fraction of sp³-hybridized carbons (Fsp3) is 0.375. The van der Waals surface area contributed by atoms with E-state index in [1.54, 1.807) is 17.9 Å². The summed E-state index contributed by atoms with van der Waals surface area (Å²) in [6.07, 6.45) is 2.41. The first kappa shape index (κ1) is 13.7. The Morgan fingerprint density at radius 1 is 1.48 bits per heavy atom. The number of esters is 1. The maximum atomic E-state index is 12.1. The van der Waals surface area contributed by atoms with Crippen molar-refractivity contribution in [2.24, 2.45) is 7.05 Å². The highest BCUT2D eigenvalue weighted by Gasteiger charge is 2.23. The molecule has 3 rings (SSSR count). The second-order valence-corrected chi connectivity index (χ2v) is 5.24. The van der Waals surface area contributed by atoms with Gasteiger partial charge in [0.2, 0.25) is 0 Å². The molecule has 0 aliphatic carbocycles. The highest BCUT2D eigenvalue weighted by molar-refractivity contribution is 5.90. The molecule has 0 saturated heterocycles. The summed E-state index contributed by atoms with van der Waals surface area (Å²) >= 11 is 0. The quantitative estimate of drug-likeness (QED) is 0.813. The molecule has 0 N–H and O–H groups in total. The molecule has 0 radical (unpaired) electrons. The molecule has 1 unspecified atom stereocenters. The lowest BCUT2D eigenvalue weighted by atomic mass is 9.94. The van der Waals surface area contributed by atoms with E-state index in [9.17, 15) is 4.79 Å². The third kappa shape index (κ3) is 2.63. The zero-order valence-corrected chi connectivity index (χ0v) is 12.2. The first-order valence-electron chi connectivity index (χ1n) is 7.04. The SMILES string of the molecule is Cc1c(C(=O)OCC2CCOc3ccccc32)cnn1C. The molecular formula is C16H18N2O3. The van der Waals surface area contributed by atoms with Gasteiger partial charge in [-0.05, 0) is 19.4 Å². The van der Waals surface area contributed by atoms with Crippen molar-refractivity contribution in [2.75, 3.05) is 13.2 Å². The zero-order chi connectivity index (χ0) is 14.8. The molecule has 1 aliphatic heterocycles. The summed E-state index contributed by atoms with van der Waals surface area (Å²) in [4.78, 5) is 12.1. The molecule has 1 aromatic heterocycles. The second kappa shape index (κ2) is 5.60. The van der Waals surface area contributed by atoms with Crippen molar-refractivity contribution < 1.29 is 14.3 Å². The van der Waals surface area contributed by atoms with E-state index in [1.807, 2.05) is 31.2 Å². The fourth-order valence-corrected chi connectivity index (χ4v) is 2.54. The summed E-state index contributed by atoms with van der Waals surface area (Å²) in [5, 5.41) is 4.06. The number of carbonyl (C=O) groups excluding carboxylic acids is 1. The third-order valence-corrected chi connectivity index (χ3v) is 3.95. The van der Waals surface area contributed by atoms with Gasteiger partial charge in [-0.3, -0.25) is 4.68 Å². The van der Waals surface area contributed by atoms with E-state index < -0.39 is 0 Å². The monoisotopic (exact) mass is 286 g/mol. The lowest BCUT2D eigenvalue weighted by Crippen LogP contribution is -2.20. The number of fused-ring (bicyclic) bond motifs is 1. The van der Waals surface area contributed by atoms with Gasteiger partial charge in [0, 0.05) is 24.2 Å². The van der Waals surface area contributed by atoms with E-state index in [0.29, 0.717) is 18.8 Å². The third-order valence-electron chi connectivity index (χ3n) is 3.95. The Labute approximate surface area is 123 Å². The lowest BCUT2D eigenvalue weighted by Gasteiger charge is -2.25. The van der Waals surface area contributed by atoms with E-state index in [2.05, 4.69) is 5.10 Å². The lowest BCUT2D eigenvalue weighted by molar-refractivity contribution is 0.0458. The molecule has 5 nitrogen and oxygen atoms in total. The Hall–Kier alpha value is -2.30. The van der Waals surface area contributed by atoms with Gasteiger partial charge >= 0.3 is 5.97 Å². The molecule has 0 bridgehead atoms. The summed E-state index contributed by atoms with van der Waals surface area (Å²) in [6.45, 7) is 2.88. The van der Waals surface area contributed by atoms with Gasteiger partial charge in [-0.15, -0.1) is 0 Å². The van der Waals surface area contributed by atoms with Crippen LogP contribution in [0.4, 0.5) is 0 Å². The number of para-hydroxylation sites is 1. The van der Waals surface area contributed by atoms with Crippen molar-refractivity contribution in [3.8, 4) is 5.75 Å². The average molecular weight is 286 g/mol. The van der Waals surface area contributed by atoms with Gasteiger partial charge in [-0.1, -0.05) is 18.2 Å². The van der Waals surface area contributed by atoms with Crippen molar-refractivity contribution >= 4 is 5.97 Å². The number of ether oxygens (including phenoxy) is 2. The van der Waals surface area contributed by atoms with E-state index in [1.165, 1.54) is 0 Å². The summed E-state index contributed by atoms with van der Waals surface area (Å²) < 4.78 is 12.8. The van der Waals surface area contributed by atoms with Crippen LogP contribution in [0.25, 0.3) is 0 Å². The van der Waals surface area contributed by atoms with Gasteiger partial charge in [-0.2, -0.15) is 5.10 Å². The number of hydrogen-bond donors (Lipinski definition) is 0. The van der Waals surface area contributed by atoms with Crippen molar-refractivity contribution in [3.63, 3.8) is 0 Å². The Kier molecular flexibility index (Phi) is 3.64. The topological polar surface area (TPSA) is 53.4 Å². The first-order chi connectivity index (χ1) is 10.2. The molecule has 110 valence electrons. The van der Waals surface area contributed by atoms with Crippen LogP contribution in [-0.2, 0) is 11.8 Å². The minimum atomic E-state index is -0.315. The maximum absolute atomic E-state index is 12.1. The summed E-state index contributed by atoms with van der Waals surface area (Å²) in [6, 6.07) is 7.91. The van der Waals surface area contributed by atoms with E-state index in [-0.39, 0.29) is 11.9 Å². The van der Waals surface area contributed by atoms with E-state index in [0.717, 1.165) is 23.4 Å². The number of aryl methyl sites for hydroxylation is 1. The van der Waals surface area contributed by atoms with Crippen LogP contribution >= 0.6 is 0 Å². The second-order valence-electron chi connectivity index (χ2n) is 5.24. The van der Waals surface area contributed by atoms with E-state index in [4.69, 9.17) is 9.47 Å². The van der Waals surface area contributed by atoms with Crippen LogP contribution in [0, 0.1) is 6.92 Å². The summed E-state index contributed by atoms with van der Waals surface area (Å²) in [7, 11) is 1.81. The molecule has 2 aromatic rings. The molecule has 0 saturated carbocycles. The molecule has 0 fully saturated rings. The Morgan fingerprint density at radius 2 is 2.29 bits per heavy atom. The van der Waals surface area contributed by atoms with Crippen molar-refractivity contribution in [1.82, 2.24) is 9.78 Å².